The molecule has 0 spiro atoms. The molecule has 0 saturated carbocycles. The van der Waals surface area contributed by atoms with E-state index in [0.29, 0.717) is 5.88 Å². The zero-order valence-electron chi connectivity index (χ0n) is 6.81. The van der Waals surface area contributed by atoms with Crippen molar-refractivity contribution in [1.82, 2.24) is 0 Å². The smallest absolute Gasteiger partial charge is 0.0519 e. The van der Waals surface area contributed by atoms with Crippen molar-refractivity contribution in [2.24, 2.45) is 0 Å². The summed E-state index contributed by atoms with van der Waals surface area (Å²) in [6, 6.07) is 1.95. The molecule has 0 atom stereocenters. The molecule has 0 aromatic carbocycles. The predicted molar refractivity (Wildman–Crippen MR) is 58.3 cm³/mol. The van der Waals surface area contributed by atoms with E-state index in [0.717, 1.165) is 11.4 Å². The van der Waals surface area contributed by atoms with Gasteiger partial charge in [0.1, 0.15) is 0 Å². The van der Waals surface area contributed by atoms with Gasteiger partial charge in [0.15, 0.2) is 0 Å². The van der Waals surface area contributed by atoms with E-state index in [1.54, 1.807) is 11.3 Å². The molecule has 0 fully saturated rings. The number of alkyl halides is 1. The molecule has 0 N–H and O–H groups in total. The summed E-state index contributed by atoms with van der Waals surface area (Å²) in [5.74, 6) is 0.603. The van der Waals surface area contributed by atoms with E-state index in [9.17, 15) is 0 Å². The average molecular weight is 221 g/mol. The molecule has 0 radical (unpaired) electrons. The maximum Gasteiger partial charge on any atom is 0.0519 e. The lowest BCUT2D eigenvalue weighted by Gasteiger charge is -1.95. The van der Waals surface area contributed by atoms with Crippen LogP contribution in [0.5, 0.6) is 0 Å². The number of halogens is 2. The van der Waals surface area contributed by atoms with Crippen LogP contribution in [0.3, 0.4) is 0 Å². The van der Waals surface area contributed by atoms with Crippen LogP contribution in [-0.4, -0.2) is 5.88 Å². The van der Waals surface area contributed by atoms with Crippen LogP contribution in [0, 0.1) is 0 Å². The molecular weight excluding hydrogens is 211 g/mol. The SMILES string of the molecule is CC/C(=C\c1cc(Cl)cs1)CCl. The van der Waals surface area contributed by atoms with E-state index in [4.69, 9.17) is 23.2 Å². The lowest BCUT2D eigenvalue weighted by Crippen LogP contribution is -1.79. The number of hydrogen-bond acceptors (Lipinski definition) is 1. The molecule has 0 saturated heterocycles. The largest absolute Gasteiger partial charge is 0.143 e. The van der Waals surface area contributed by atoms with Crippen LogP contribution in [0.2, 0.25) is 5.02 Å². The molecule has 0 aliphatic rings. The maximum absolute atomic E-state index is 5.78. The van der Waals surface area contributed by atoms with Crippen molar-refractivity contribution in [3.63, 3.8) is 0 Å². The van der Waals surface area contributed by atoms with E-state index in [-0.39, 0.29) is 0 Å². The molecule has 66 valence electrons. The minimum Gasteiger partial charge on any atom is -0.143 e. The molecule has 0 unspecified atom stereocenters. The molecular formula is C9H10Cl2S. The first-order valence-electron chi connectivity index (χ1n) is 3.75. The first kappa shape index (κ1) is 10.1. The molecule has 0 aliphatic heterocycles. The fourth-order valence-electron chi connectivity index (χ4n) is 0.840. The lowest BCUT2D eigenvalue weighted by molar-refractivity contribution is 1.12. The summed E-state index contributed by atoms with van der Waals surface area (Å²) < 4.78 is 0. The first-order valence-corrected chi connectivity index (χ1v) is 5.55. The monoisotopic (exact) mass is 220 g/mol. The van der Waals surface area contributed by atoms with Crippen LogP contribution >= 0.6 is 34.5 Å². The Morgan fingerprint density at radius 3 is 2.83 bits per heavy atom. The number of hydrogen-bond donors (Lipinski definition) is 0. The molecule has 0 bridgehead atoms. The van der Waals surface area contributed by atoms with Gasteiger partial charge in [-0.2, -0.15) is 0 Å². The Morgan fingerprint density at radius 1 is 1.67 bits per heavy atom. The lowest BCUT2D eigenvalue weighted by atomic mass is 10.2. The van der Waals surface area contributed by atoms with Crippen LogP contribution in [0.4, 0.5) is 0 Å². The third kappa shape index (κ3) is 2.81. The summed E-state index contributed by atoms with van der Waals surface area (Å²) in [5, 5.41) is 2.73. The average Bonchev–Trinajstić information content (AvgIpc) is 2.47. The van der Waals surface area contributed by atoms with Crippen LogP contribution < -0.4 is 0 Å². The zero-order valence-corrected chi connectivity index (χ0v) is 9.14. The second-order valence-corrected chi connectivity index (χ2v) is 4.10. The van der Waals surface area contributed by atoms with Gasteiger partial charge in [0.25, 0.3) is 0 Å². The second-order valence-electron chi connectivity index (χ2n) is 2.46. The molecule has 0 nitrogen and oxygen atoms in total. The Kier molecular flexibility index (Phi) is 4.13. The van der Waals surface area contributed by atoms with Crippen molar-refractivity contribution < 1.29 is 0 Å². The van der Waals surface area contributed by atoms with Gasteiger partial charge in [-0.25, -0.2) is 0 Å². The molecule has 3 heteroatoms. The second kappa shape index (κ2) is 4.90. The van der Waals surface area contributed by atoms with Gasteiger partial charge in [0, 0.05) is 16.1 Å². The highest BCUT2D eigenvalue weighted by molar-refractivity contribution is 7.11. The van der Waals surface area contributed by atoms with E-state index in [2.05, 4.69) is 13.0 Å². The van der Waals surface area contributed by atoms with Crippen molar-refractivity contribution >= 4 is 40.6 Å². The summed E-state index contributed by atoms with van der Waals surface area (Å²) in [4.78, 5) is 1.18. The third-order valence-corrected chi connectivity index (χ3v) is 3.13. The molecule has 1 heterocycles. The van der Waals surface area contributed by atoms with Crippen LogP contribution in [-0.2, 0) is 0 Å². The van der Waals surface area contributed by atoms with E-state index < -0.39 is 0 Å². The van der Waals surface area contributed by atoms with Gasteiger partial charge in [0.2, 0.25) is 0 Å². The Bertz CT molecular complexity index is 270. The summed E-state index contributed by atoms with van der Waals surface area (Å²) in [6.07, 6.45) is 3.10. The van der Waals surface area contributed by atoms with E-state index in [1.165, 1.54) is 10.5 Å². The van der Waals surface area contributed by atoms with Gasteiger partial charge in [-0.15, -0.1) is 22.9 Å². The van der Waals surface area contributed by atoms with Crippen LogP contribution in [0.1, 0.15) is 18.2 Å². The quantitative estimate of drug-likeness (QED) is 0.662. The predicted octanol–water partition coefficient (Wildman–Crippen LogP) is 4.43. The van der Waals surface area contributed by atoms with Gasteiger partial charge in [-0.3, -0.25) is 0 Å². The van der Waals surface area contributed by atoms with Gasteiger partial charge >= 0.3 is 0 Å². The first-order chi connectivity index (χ1) is 5.76. The van der Waals surface area contributed by atoms with Crippen molar-refractivity contribution in [2.45, 2.75) is 13.3 Å². The summed E-state index contributed by atoms with van der Waals surface area (Å²) in [5.41, 5.74) is 1.25. The van der Waals surface area contributed by atoms with Crippen molar-refractivity contribution in [2.75, 3.05) is 5.88 Å². The minimum absolute atomic E-state index is 0.603. The Hall–Kier alpha value is 0.0200. The Labute approximate surface area is 86.8 Å². The molecule has 12 heavy (non-hydrogen) atoms. The molecule has 0 amide bonds. The number of allylic oxidation sites excluding steroid dienone is 1. The van der Waals surface area contributed by atoms with Crippen LogP contribution in [0.15, 0.2) is 17.0 Å². The molecule has 1 rings (SSSR count). The van der Waals surface area contributed by atoms with Crippen LogP contribution in [0.25, 0.3) is 6.08 Å². The normalized spacial score (nSPS) is 12.1. The van der Waals surface area contributed by atoms with Crippen molar-refractivity contribution in [3.8, 4) is 0 Å². The highest BCUT2D eigenvalue weighted by Crippen LogP contribution is 2.22. The zero-order chi connectivity index (χ0) is 8.97. The van der Waals surface area contributed by atoms with E-state index >= 15 is 0 Å². The topological polar surface area (TPSA) is 0 Å². The summed E-state index contributed by atoms with van der Waals surface area (Å²) in [6.45, 7) is 2.10. The highest BCUT2D eigenvalue weighted by Gasteiger charge is 1.96. The van der Waals surface area contributed by atoms with E-state index in [1.807, 2.05) is 11.4 Å². The Balaban J connectivity index is 2.78. The molecule has 0 aliphatic carbocycles. The van der Waals surface area contributed by atoms with Crippen molar-refractivity contribution in [1.29, 1.82) is 0 Å². The standard InChI is InChI=1S/C9H10Cl2S/c1-2-7(5-10)3-9-4-8(11)6-12-9/h3-4,6H,2,5H2,1H3/b7-3+. The number of rotatable bonds is 3. The van der Waals surface area contributed by atoms with Gasteiger partial charge < -0.3 is 0 Å². The highest BCUT2D eigenvalue weighted by atomic mass is 35.5. The summed E-state index contributed by atoms with van der Waals surface area (Å²) in [7, 11) is 0. The fraction of sp³-hybridized carbons (Fsp3) is 0.333. The van der Waals surface area contributed by atoms with Gasteiger partial charge in [-0.05, 0) is 18.6 Å². The third-order valence-electron chi connectivity index (χ3n) is 1.56. The molecule has 1 aromatic heterocycles. The molecule has 1 aromatic rings. The van der Waals surface area contributed by atoms with Crippen molar-refractivity contribution in [3.05, 3.63) is 26.9 Å². The Morgan fingerprint density at radius 2 is 2.42 bits per heavy atom. The maximum atomic E-state index is 5.78. The minimum atomic E-state index is 0.603. The summed E-state index contributed by atoms with van der Waals surface area (Å²) >= 11 is 13.1. The van der Waals surface area contributed by atoms with Gasteiger partial charge in [0.05, 0.1) is 5.02 Å². The number of thiophene rings is 1. The fourth-order valence-corrected chi connectivity index (χ4v) is 2.17. The van der Waals surface area contributed by atoms with Gasteiger partial charge in [-0.1, -0.05) is 24.1 Å².